The van der Waals surface area contributed by atoms with E-state index in [1.165, 1.54) is 0 Å². The fourth-order valence-corrected chi connectivity index (χ4v) is 4.22. The van der Waals surface area contributed by atoms with E-state index in [0.717, 1.165) is 25.7 Å². The molecule has 0 aliphatic carbocycles. The predicted octanol–water partition coefficient (Wildman–Crippen LogP) is -0.374. The van der Waals surface area contributed by atoms with Crippen LogP contribution in [0.1, 0.15) is 32.1 Å². The monoisotopic (exact) mass is 345 g/mol. The molecule has 0 bridgehead atoms. The van der Waals surface area contributed by atoms with Gasteiger partial charge in [0.15, 0.2) is 9.84 Å². The minimum atomic E-state index is -2.86. The second-order valence-electron chi connectivity index (χ2n) is 6.32. The first-order valence-electron chi connectivity index (χ1n) is 8.43. The van der Waals surface area contributed by atoms with E-state index in [-0.39, 0.29) is 29.9 Å². The largest absolute Gasteiger partial charge is 0.353 e. The summed E-state index contributed by atoms with van der Waals surface area (Å²) in [6, 6.07) is 0. The third kappa shape index (κ3) is 6.47. The van der Waals surface area contributed by atoms with Crippen LogP contribution in [0.2, 0.25) is 0 Å². The molecule has 1 N–H and O–H groups in total. The first-order chi connectivity index (χ1) is 11.0. The summed E-state index contributed by atoms with van der Waals surface area (Å²) >= 11 is 0. The smallest absolute Gasteiger partial charge is 0.239 e. The van der Waals surface area contributed by atoms with Crippen LogP contribution < -0.4 is 5.32 Å². The number of amides is 2. The summed E-state index contributed by atoms with van der Waals surface area (Å²) in [6.45, 7) is 2.99. The van der Waals surface area contributed by atoms with Crippen molar-refractivity contribution in [1.82, 2.24) is 15.1 Å². The molecule has 2 aliphatic heterocycles. The second kappa shape index (κ2) is 8.63. The van der Waals surface area contributed by atoms with Crippen LogP contribution in [-0.4, -0.2) is 80.8 Å². The van der Waals surface area contributed by atoms with Crippen LogP contribution in [0.4, 0.5) is 0 Å². The molecule has 2 aliphatic rings. The molecule has 8 heteroatoms. The van der Waals surface area contributed by atoms with Crippen LogP contribution >= 0.6 is 0 Å². The lowest BCUT2D eigenvalue weighted by molar-refractivity contribution is -0.136. The third-order valence-corrected chi connectivity index (χ3v) is 6.05. The summed E-state index contributed by atoms with van der Waals surface area (Å²) in [5.41, 5.74) is 0. The minimum Gasteiger partial charge on any atom is -0.353 e. The molecule has 132 valence electrons. The SMILES string of the molecule is O=C(CN1CCCCCCC1=O)NCCN1CCS(=O)(=O)CC1. The highest BCUT2D eigenvalue weighted by Crippen LogP contribution is 2.11. The van der Waals surface area contributed by atoms with E-state index >= 15 is 0 Å². The van der Waals surface area contributed by atoms with Gasteiger partial charge in [-0.3, -0.25) is 14.5 Å². The lowest BCUT2D eigenvalue weighted by Gasteiger charge is -2.27. The summed E-state index contributed by atoms with van der Waals surface area (Å²) in [5.74, 6) is 0.330. The Morgan fingerprint density at radius 1 is 1.04 bits per heavy atom. The summed E-state index contributed by atoms with van der Waals surface area (Å²) in [5, 5.41) is 2.83. The van der Waals surface area contributed by atoms with Gasteiger partial charge in [-0.2, -0.15) is 0 Å². The van der Waals surface area contributed by atoms with E-state index in [1.807, 2.05) is 4.90 Å². The molecule has 2 fully saturated rings. The molecule has 0 radical (unpaired) electrons. The van der Waals surface area contributed by atoms with Crippen molar-refractivity contribution in [3.05, 3.63) is 0 Å². The number of carbonyl (C=O) groups excluding carboxylic acids is 2. The fraction of sp³-hybridized carbons (Fsp3) is 0.867. The fourth-order valence-electron chi connectivity index (χ4n) is 2.94. The molecule has 0 aromatic heterocycles. The van der Waals surface area contributed by atoms with Gasteiger partial charge in [-0.25, -0.2) is 8.42 Å². The molecule has 2 heterocycles. The summed E-state index contributed by atoms with van der Waals surface area (Å²) in [4.78, 5) is 27.6. The van der Waals surface area contributed by atoms with E-state index in [4.69, 9.17) is 0 Å². The van der Waals surface area contributed by atoms with Gasteiger partial charge in [-0.15, -0.1) is 0 Å². The Hall–Kier alpha value is -1.15. The van der Waals surface area contributed by atoms with Crippen LogP contribution in [0.15, 0.2) is 0 Å². The summed E-state index contributed by atoms with van der Waals surface area (Å²) in [7, 11) is -2.86. The van der Waals surface area contributed by atoms with Gasteiger partial charge < -0.3 is 10.2 Å². The molecule has 7 nitrogen and oxygen atoms in total. The maximum absolute atomic E-state index is 12.0. The molecule has 0 aromatic rings. The molecule has 0 saturated carbocycles. The molecule has 2 saturated heterocycles. The number of likely N-dealkylation sites (tertiary alicyclic amines) is 1. The average molecular weight is 345 g/mol. The van der Waals surface area contributed by atoms with Crippen molar-refractivity contribution in [3.8, 4) is 0 Å². The molecule has 0 atom stereocenters. The van der Waals surface area contributed by atoms with Crippen LogP contribution in [0.5, 0.6) is 0 Å². The Morgan fingerprint density at radius 3 is 2.48 bits per heavy atom. The van der Waals surface area contributed by atoms with Gasteiger partial charge in [0.25, 0.3) is 0 Å². The van der Waals surface area contributed by atoms with Crippen molar-refractivity contribution in [2.45, 2.75) is 32.1 Å². The van der Waals surface area contributed by atoms with Gasteiger partial charge >= 0.3 is 0 Å². The highest BCUT2D eigenvalue weighted by atomic mass is 32.2. The summed E-state index contributed by atoms with van der Waals surface area (Å²) in [6.07, 6.45) is 4.62. The highest BCUT2D eigenvalue weighted by Gasteiger charge is 2.21. The van der Waals surface area contributed by atoms with Gasteiger partial charge in [0, 0.05) is 39.1 Å². The second-order valence-corrected chi connectivity index (χ2v) is 8.63. The Morgan fingerprint density at radius 2 is 1.74 bits per heavy atom. The van der Waals surface area contributed by atoms with Crippen molar-refractivity contribution in [3.63, 3.8) is 0 Å². The van der Waals surface area contributed by atoms with Crippen molar-refractivity contribution in [2.75, 3.05) is 50.8 Å². The topological polar surface area (TPSA) is 86.8 Å². The van der Waals surface area contributed by atoms with Gasteiger partial charge in [0.2, 0.25) is 11.8 Å². The quantitative estimate of drug-likeness (QED) is 0.734. The standard InChI is InChI=1S/C15H27N3O4S/c19-14(13-18-7-4-2-1-3-5-15(18)20)16-6-8-17-9-11-23(21,22)12-10-17/h1-13H2,(H,16,19). The lowest BCUT2D eigenvalue weighted by Crippen LogP contribution is -2.46. The van der Waals surface area contributed by atoms with Gasteiger partial charge in [0.1, 0.15) is 0 Å². The Balaban J connectivity index is 1.65. The Bertz CT molecular complexity index is 507. The Labute approximate surface area is 138 Å². The Kier molecular flexibility index (Phi) is 6.83. The van der Waals surface area contributed by atoms with Crippen molar-refractivity contribution in [1.29, 1.82) is 0 Å². The van der Waals surface area contributed by atoms with Crippen LogP contribution in [0.25, 0.3) is 0 Å². The van der Waals surface area contributed by atoms with E-state index in [1.54, 1.807) is 4.90 Å². The normalized spacial score (nSPS) is 23.1. The highest BCUT2D eigenvalue weighted by molar-refractivity contribution is 7.91. The number of rotatable bonds is 5. The first-order valence-corrected chi connectivity index (χ1v) is 10.3. The molecule has 2 amide bonds. The van der Waals surface area contributed by atoms with Gasteiger partial charge in [-0.05, 0) is 12.8 Å². The van der Waals surface area contributed by atoms with E-state index in [0.29, 0.717) is 39.1 Å². The van der Waals surface area contributed by atoms with Crippen molar-refractivity contribution in [2.24, 2.45) is 0 Å². The molecular formula is C15H27N3O4S. The van der Waals surface area contributed by atoms with Gasteiger partial charge in [0.05, 0.1) is 18.1 Å². The average Bonchev–Trinajstić information content (AvgIpc) is 2.49. The van der Waals surface area contributed by atoms with E-state index in [9.17, 15) is 18.0 Å². The molecular weight excluding hydrogens is 318 g/mol. The molecule has 23 heavy (non-hydrogen) atoms. The molecule has 0 aromatic carbocycles. The zero-order valence-electron chi connectivity index (χ0n) is 13.6. The zero-order valence-corrected chi connectivity index (χ0v) is 14.4. The van der Waals surface area contributed by atoms with Crippen molar-refractivity contribution >= 4 is 21.7 Å². The number of sulfone groups is 1. The zero-order chi connectivity index (χ0) is 16.7. The number of hydrogen-bond acceptors (Lipinski definition) is 5. The number of carbonyl (C=O) groups is 2. The minimum absolute atomic E-state index is 0.0705. The molecule has 0 unspecified atom stereocenters. The number of hydrogen-bond donors (Lipinski definition) is 1. The maximum Gasteiger partial charge on any atom is 0.239 e. The first kappa shape index (κ1) is 18.2. The van der Waals surface area contributed by atoms with Crippen molar-refractivity contribution < 1.29 is 18.0 Å². The number of nitrogens with one attached hydrogen (secondary N) is 1. The summed E-state index contributed by atoms with van der Waals surface area (Å²) < 4.78 is 22.7. The third-order valence-electron chi connectivity index (χ3n) is 4.44. The molecule has 0 spiro atoms. The van der Waals surface area contributed by atoms with Gasteiger partial charge in [-0.1, -0.05) is 12.8 Å². The van der Waals surface area contributed by atoms with Crippen LogP contribution in [-0.2, 0) is 19.4 Å². The van der Waals surface area contributed by atoms with E-state index in [2.05, 4.69) is 5.32 Å². The maximum atomic E-state index is 12.0. The molecule has 2 rings (SSSR count). The van der Waals surface area contributed by atoms with Crippen LogP contribution in [0, 0.1) is 0 Å². The number of nitrogens with zero attached hydrogens (tertiary/aromatic N) is 2. The predicted molar refractivity (Wildman–Crippen MR) is 87.8 cm³/mol. The lowest BCUT2D eigenvalue weighted by atomic mass is 10.1. The van der Waals surface area contributed by atoms with Crippen LogP contribution in [0.3, 0.4) is 0 Å². The van der Waals surface area contributed by atoms with E-state index < -0.39 is 9.84 Å².